The highest BCUT2D eigenvalue weighted by Crippen LogP contribution is 2.24. The van der Waals surface area contributed by atoms with E-state index in [1.807, 2.05) is 0 Å². The summed E-state index contributed by atoms with van der Waals surface area (Å²) in [5, 5.41) is 0. The molecule has 2 heteroatoms. The molecule has 0 aliphatic heterocycles. The van der Waals surface area contributed by atoms with Crippen LogP contribution in [0.4, 0.5) is 8.78 Å². The van der Waals surface area contributed by atoms with E-state index in [0.717, 1.165) is 19.3 Å². The molecule has 0 bridgehead atoms. The molecule has 0 atom stereocenters. The van der Waals surface area contributed by atoms with E-state index in [9.17, 15) is 8.78 Å². The number of rotatable bonds is 6. The summed E-state index contributed by atoms with van der Waals surface area (Å²) >= 11 is 0. The SMILES string of the molecule is CCCCCCC(F)(F)CC. The Kier molecular flexibility index (Phi) is 5.43. The van der Waals surface area contributed by atoms with Crippen LogP contribution < -0.4 is 0 Å². The molecule has 0 aliphatic rings. The lowest BCUT2D eigenvalue weighted by Gasteiger charge is -2.12. The van der Waals surface area contributed by atoms with Crippen LogP contribution in [0.3, 0.4) is 0 Å². The van der Waals surface area contributed by atoms with Gasteiger partial charge in [-0.2, -0.15) is 0 Å². The zero-order valence-electron chi connectivity index (χ0n) is 7.50. The third-order valence-electron chi connectivity index (χ3n) is 1.91. The number of alkyl halides is 2. The van der Waals surface area contributed by atoms with E-state index in [4.69, 9.17) is 0 Å². The maximum absolute atomic E-state index is 12.6. The summed E-state index contributed by atoms with van der Waals surface area (Å²) in [6.07, 6.45) is 3.88. The van der Waals surface area contributed by atoms with Crippen LogP contribution in [-0.2, 0) is 0 Å². The number of hydrogen-bond acceptors (Lipinski definition) is 0. The van der Waals surface area contributed by atoms with Gasteiger partial charge in [0.2, 0.25) is 5.92 Å². The lowest BCUT2D eigenvalue weighted by atomic mass is 10.1. The van der Waals surface area contributed by atoms with Crippen molar-refractivity contribution < 1.29 is 8.78 Å². The molecule has 68 valence electrons. The van der Waals surface area contributed by atoms with Crippen LogP contribution in [0.25, 0.3) is 0 Å². The minimum absolute atomic E-state index is 0.0148. The molecule has 0 nitrogen and oxygen atoms in total. The molecule has 0 amide bonds. The van der Waals surface area contributed by atoms with Gasteiger partial charge in [0.1, 0.15) is 0 Å². The van der Waals surface area contributed by atoms with Crippen molar-refractivity contribution in [3.05, 3.63) is 0 Å². The normalized spacial score (nSPS) is 12.0. The summed E-state index contributed by atoms with van der Waals surface area (Å²) in [4.78, 5) is 0. The smallest absolute Gasteiger partial charge is 0.207 e. The van der Waals surface area contributed by atoms with Crippen LogP contribution in [0.5, 0.6) is 0 Å². The Morgan fingerprint density at radius 3 is 2.09 bits per heavy atom. The summed E-state index contributed by atoms with van der Waals surface area (Å²) < 4.78 is 25.2. The maximum atomic E-state index is 12.6. The predicted molar refractivity (Wildman–Crippen MR) is 44.0 cm³/mol. The molecule has 0 rings (SSSR count). The Balaban J connectivity index is 3.23. The van der Waals surface area contributed by atoms with Crippen LogP contribution in [0.1, 0.15) is 52.4 Å². The summed E-state index contributed by atoms with van der Waals surface area (Å²) in [7, 11) is 0. The third kappa shape index (κ3) is 6.27. The molecule has 0 fully saturated rings. The van der Waals surface area contributed by atoms with Crippen LogP contribution in [0.15, 0.2) is 0 Å². The summed E-state index contributed by atoms with van der Waals surface area (Å²) in [5.74, 6) is -2.41. The van der Waals surface area contributed by atoms with Gasteiger partial charge >= 0.3 is 0 Å². The molecule has 0 aromatic heterocycles. The first-order valence-corrected chi connectivity index (χ1v) is 4.50. The lowest BCUT2D eigenvalue weighted by Crippen LogP contribution is -2.13. The summed E-state index contributed by atoms with van der Waals surface area (Å²) in [6.45, 7) is 3.62. The molecule has 0 N–H and O–H groups in total. The van der Waals surface area contributed by atoms with Gasteiger partial charge in [0.05, 0.1) is 0 Å². The molecule has 0 aromatic rings. The Labute approximate surface area is 68.0 Å². The van der Waals surface area contributed by atoms with Crippen molar-refractivity contribution >= 4 is 0 Å². The van der Waals surface area contributed by atoms with Gasteiger partial charge < -0.3 is 0 Å². The average molecular weight is 164 g/mol. The fourth-order valence-corrected chi connectivity index (χ4v) is 0.987. The quantitative estimate of drug-likeness (QED) is 0.520. The molecular formula is C9H18F2. The van der Waals surface area contributed by atoms with E-state index in [0.29, 0.717) is 6.42 Å². The molecule has 0 spiro atoms. The monoisotopic (exact) mass is 164 g/mol. The van der Waals surface area contributed by atoms with Crippen LogP contribution >= 0.6 is 0 Å². The fourth-order valence-electron chi connectivity index (χ4n) is 0.987. The highest BCUT2D eigenvalue weighted by molar-refractivity contribution is 4.62. The number of hydrogen-bond donors (Lipinski definition) is 0. The minimum atomic E-state index is -2.41. The topological polar surface area (TPSA) is 0 Å². The molecule has 0 heterocycles. The van der Waals surface area contributed by atoms with Crippen molar-refractivity contribution in [2.45, 2.75) is 58.3 Å². The molecule has 0 radical (unpaired) electrons. The van der Waals surface area contributed by atoms with Gasteiger partial charge in [0, 0.05) is 12.8 Å². The standard InChI is InChI=1S/C9H18F2/c1-3-5-6-7-8-9(10,11)4-2/h3-8H2,1-2H3. The molecule has 0 aliphatic carbocycles. The van der Waals surface area contributed by atoms with E-state index < -0.39 is 5.92 Å². The molecule has 11 heavy (non-hydrogen) atoms. The van der Waals surface area contributed by atoms with Crippen molar-refractivity contribution in [1.82, 2.24) is 0 Å². The Morgan fingerprint density at radius 2 is 1.64 bits per heavy atom. The van der Waals surface area contributed by atoms with E-state index in [1.165, 1.54) is 0 Å². The van der Waals surface area contributed by atoms with Crippen molar-refractivity contribution in [2.75, 3.05) is 0 Å². The van der Waals surface area contributed by atoms with Gasteiger partial charge in [-0.3, -0.25) is 0 Å². The van der Waals surface area contributed by atoms with Crippen LogP contribution in [0.2, 0.25) is 0 Å². The van der Waals surface area contributed by atoms with Gasteiger partial charge in [-0.1, -0.05) is 33.1 Å². The molecule has 0 saturated heterocycles. The van der Waals surface area contributed by atoms with E-state index in [2.05, 4.69) is 6.92 Å². The summed E-state index contributed by atoms with van der Waals surface area (Å²) in [5.41, 5.74) is 0. The minimum Gasteiger partial charge on any atom is -0.207 e. The Morgan fingerprint density at radius 1 is 1.00 bits per heavy atom. The molecule has 0 unspecified atom stereocenters. The zero-order chi connectivity index (χ0) is 8.74. The highest BCUT2D eigenvalue weighted by Gasteiger charge is 2.24. The van der Waals surface area contributed by atoms with Gasteiger partial charge in [0.15, 0.2) is 0 Å². The summed E-state index contributed by atoms with van der Waals surface area (Å²) in [6, 6.07) is 0. The third-order valence-corrected chi connectivity index (χ3v) is 1.91. The van der Waals surface area contributed by atoms with Crippen molar-refractivity contribution in [3.8, 4) is 0 Å². The zero-order valence-corrected chi connectivity index (χ0v) is 7.50. The largest absolute Gasteiger partial charge is 0.247 e. The Hall–Kier alpha value is -0.140. The van der Waals surface area contributed by atoms with E-state index in [-0.39, 0.29) is 12.8 Å². The van der Waals surface area contributed by atoms with Crippen LogP contribution in [-0.4, -0.2) is 5.92 Å². The van der Waals surface area contributed by atoms with Crippen molar-refractivity contribution in [3.63, 3.8) is 0 Å². The van der Waals surface area contributed by atoms with E-state index in [1.54, 1.807) is 6.92 Å². The average Bonchev–Trinajstić information content (AvgIpc) is 1.99. The first kappa shape index (κ1) is 10.9. The second-order valence-electron chi connectivity index (χ2n) is 3.02. The van der Waals surface area contributed by atoms with Gasteiger partial charge in [0.25, 0.3) is 0 Å². The lowest BCUT2D eigenvalue weighted by molar-refractivity contribution is -0.0136. The van der Waals surface area contributed by atoms with Gasteiger partial charge in [-0.25, -0.2) is 8.78 Å². The molecular weight excluding hydrogens is 146 g/mol. The predicted octanol–water partition coefficient (Wildman–Crippen LogP) is 4.00. The first-order valence-electron chi connectivity index (χ1n) is 4.50. The second-order valence-corrected chi connectivity index (χ2v) is 3.02. The van der Waals surface area contributed by atoms with E-state index >= 15 is 0 Å². The molecule has 0 aromatic carbocycles. The maximum Gasteiger partial charge on any atom is 0.247 e. The fraction of sp³-hybridized carbons (Fsp3) is 1.00. The highest BCUT2D eigenvalue weighted by atomic mass is 19.3. The number of halogens is 2. The first-order chi connectivity index (χ1) is 5.12. The van der Waals surface area contributed by atoms with Gasteiger partial charge in [-0.15, -0.1) is 0 Å². The van der Waals surface area contributed by atoms with Crippen molar-refractivity contribution in [2.24, 2.45) is 0 Å². The molecule has 0 saturated carbocycles. The second kappa shape index (κ2) is 5.50. The number of unbranched alkanes of at least 4 members (excludes halogenated alkanes) is 3. The van der Waals surface area contributed by atoms with Gasteiger partial charge in [-0.05, 0) is 6.42 Å². The Bertz CT molecular complexity index is 89.6. The van der Waals surface area contributed by atoms with Crippen molar-refractivity contribution in [1.29, 1.82) is 0 Å². The van der Waals surface area contributed by atoms with Crippen LogP contribution in [0, 0.1) is 0 Å².